The second-order valence-electron chi connectivity index (χ2n) is 4.41. The second-order valence-corrected chi connectivity index (χ2v) is 4.41. The van der Waals surface area contributed by atoms with Gasteiger partial charge in [0.15, 0.2) is 0 Å². The van der Waals surface area contributed by atoms with Crippen molar-refractivity contribution < 1.29 is 4.52 Å². The molecule has 5 nitrogen and oxygen atoms in total. The molecule has 0 atom stereocenters. The van der Waals surface area contributed by atoms with Gasteiger partial charge < -0.3 is 4.52 Å². The first kappa shape index (κ1) is 10.9. The van der Waals surface area contributed by atoms with E-state index in [0.717, 1.165) is 28.0 Å². The fourth-order valence-corrected chi connectivity index (χ4v) is 2.28. The molecular weight excluding hydrogens is 252 g/mol. The fourth-order valence-electron chi connectivity index (χ4n) is 2.28. The number of rotatable bonds is 2. The van der Waals surface area contributed by atoms with Gasteiger partial charge in [-0.3, -0.25) is 0 Å². The molecular formula is C15H10N4O. The van der Waals surface area contributed by atoms with Crippen LogP contribution in [0.5, 0.6) is 0 Å². The number of aromatic nitrogens is 4. The van der Waals surface area contributed by atoms with Crippen LogP contribution in [-0.2, 0) is 0 Å². The zero-order chi connectivity index (χ0) is 13.4. The fraction of sp³-hybridized carbons (Fsp3) is 0. The van der Waals surface area contributed by atoms with Crippen LogP contribution in [0.25, 0.3) is 28.0 Å². The van der Waals surface area contributed by atoms with Crippen LogP contribution in [0.15, 0.2) is 65.8 Å². The molecule has 5 heteroatoms. The molecule has 0 spiro atoms. The van der Waals surface area contributed by atoms with Crippen molar-refractivity contribution in [2.75, 3.05) is 0 Å². The maximum atomic E-state index is 4.89. The summed E-state index contributed by atoms with van der Waals surface area (Å²) in [4.78, 5) is 4.40. The molecule has 0 saturated carbocycles. The minimum atomic E-state index is 0.812. The van der Waals surface area contributed by atoms with Crippen molar-refractivity contribution in [2.24, 2.45) is 0 Å². The van der Waals surface area contributed by atoms with Gasteiger partial charge in [-0.1, -0.05) is 23.4 Å². The highest BCUT2D eigenvalue weighted by molar-refractivity contribution is 5.79. The van der Waals surface area contributed by atoms with Crippen molar-refractivity contribution in [3.63, 3.8) is 0 Å². The van der Waals surface area contributed by atoms with E-state index in [9.17, 15) is 0 Å². The largest absolute Gasteiger partial charge is 0.364 e. The minimum Gasteiger partial charge on any atom is -0.364 e. The lowest BCUT2D eigenvalue weighted by Crippen LogP contribution is -1.94. The van der Waals surface area contributed by atoms with E-state index in [2.05, 4.69) is 15.2 Å². The van der Waals surface area contributed by atoms with E-state index in [1.54, 1.807) is 12.6 Å². The van der Waals surface area contributed by atoms with Crippen molar-refractivity contribution in [3.05, 3.63) is 61.3 Å². The van der Waals surface area contributed by atoms with E-state index in [1.165, 1.54) is 0 Å². The highest BCUT2D eigenvalue weighted by atomic mass is 16.5. The van der Waals surface area contributed by atoms with Crippen LogP contribution >= 0.6 is 0 Å². The molecule has 0 N–H and O–H groups in total. The van der Waals surface area contributed by atoms with E-state index in [4.69, 9.17) is 4.52 Å². The Bertz CT molecular complexity index is 864. The predicted molar refractivity (Wildman–Crippen MR) is 73.9 cm³/mol. The Kier molecular flexibility index (Phi) is 2.35. The average Bonchev–Trinajstić information content (AvgIpc) is 3.18. The highest BCUT2D eigenvalue weighted by Crippen LogP contribution is 2.26. The lowest BCUT2D eigenvalue weighted by atomic mass is 10.1. The van der Waals surface area contributed by atoms with Crippen LogP contribution in [0.3, 0.4) is 0 Å². The minimum absolute atomic E-state index is 0.812. The van der Waals surface area contributed by atoms with Gasteiger partial charge in [0.05, 0.1) is 11.2 Å². The van der Waals surface area contributed by atoms with Crippen molar-refractivity contribution in [1.82, 2.24) is 19.8 Å². The van der Waals surface area contributed by atoms with Gasteiger partial charge in [0, 0.05) is 23.4 Å². The molecule has 0 aliphatic carbocycles. The molecule has 0 aliphatic rings. The van der Waals surface area contributed by atoms with Crippen molar-refractivity contribution in [2.45, 2.75) is 0 Å². The van der Waals surface area contributed by atoms with Crippen LogP contribution in [0.2, 0.25) is 0 Å². The molecule has 1 aromatic carbocycles. The first-order chi connectivity index (χ1) is 9.92. The number of nitrogens with zero attached hydrogens (tertiary/aromatic N) is 4. The van der Waals surface area contributed by atoms with Gasteiger partial charge in [-0.25, -0.2) is 9.50 Å². The summed E-state index contributed by atoms with van der Waals surface area (Å²) in [6.07, 6.45) is 5.03. The Morgan fingerprint density at radius 2 is 1.95 bits per heavy atom. The Hall–Kier alpha value is -2.95. The molecule has 0 aliphatic heterocycles. The van der Waals surface area contributed by atoms with Gasteiger partial charge in [0.2, 0.25) is 0 Å². The van der Waals surface area contributed by atoms with Gasteiger partial charge >= 0.3 is 0 Å². The summed E-state index contributed by atoms with van der Waals surface area (Å²) in [7, 11) is 0. The Morgan fingerprint density at radius 1 is 1.00 bits per heavy atom. The third-order valence-electron chi connectivity index (χ3n) is 3.20. The normalized spacial score (nSPS) is 11.0. The zero-order valence-corrected chi connectivity index (χ0v) is 10.5. The predicted octanol–water partition coefficient (Wildman–Crippen LogP) is 3.05. The topological polar surface area (TPSA) is 56.2 Å². The van der Waals surface area contributed by atoms with E-state index >= 15 is 0 Å². The van der Waals surface area contributed by atoms with E-state index < -0.39 is 0 Å². The standard InChI is InChI=1S/C15H10N4O/c1-3-11(13-6-8-20-18-13)9-12(4-1)15-14-5-2-7-19(14)17-10-16-15/h1-10H. The molecule has 3 aromatic heterocycles. The maximum absolute atomic E-state index is 4.89. The third kappa shape index (κ3) is 1.68. The Labute approximate surface area is 114 Å². The van der Waals surface area contributed by atoms with E-state index in [0.29, 0.717) is 0 Å². The number of benzene rings is 1. The molecule has 20 heavy (non-hydrogen) atoms. The smallest absolute Gasteiger partial charge is 0.137 e. The lowest BCUT2D eigenvalue weighted by Gasteiger charge is -2.04. The molecule has 0 saturated heterocycles. The Balaban J connectivity index is 1.91. The first-order valence-electron chi connectivity index (χ1n) is 6.21. The molecule has 0 bridgehead atoms. The number of fused-ring (bicyclic) bond motifs is 1. The maximum Gasteiger partial charge on any atom is 0.137 e. The molecule has 96 valence electrons. The van der Waals surface area contributed by atoms with Crippen LogP contribution in [0.1, 0.15) is 0 Å². The van der Waals surface area contributed by atoms with Gasteiger partial charge in [-0.05, 0) is 18.2 Å². The monoisotopic (exact) mass is 262 g/mol. The van der Waals surface area contributed by atoms with Gasteiger partial charge in [0.25, 0.3) is 0 Å². The number of hydrogen-bond donors (Lipinski definition) is 0. The molecule has 4 rings (SSSR count). The highest BCUT2D eigenvalue weighted by Gasteiger charge is 2.08. The quantitative estimate of drug-likeness (QED) is 0.557. The number of hydrogen-bond acceptors (Lipinski definition) is 4. The summed E-state index contributed by atoms with van der Waals surface area (Å²) in [5.74, 6) is 0. The molecule has 0 fully saturated rings. The van der Waals surface area contributed by atoms with Gasteiger partial charge in [-0.2, -0.15) is 5.10 Å². The summed E-state index contributed by atoms with van der Waals surface area (Å²) in [6.45, 7) is 0. The summed E-state index contributed by atoms with van der Waals surface area (Å²) in [6, 6.07) is 13.9. The van der Waals surface area contributed by atoms with Crippen LogP contribution in [0, 0.1) is 0 Å². The Morgan fingerprint density at radius 3 is 2.85 bits per heavy atom. The van der Waals surface area contributed by atoms with Crippen LogP contribution < -0.4 is 0 Å². The molecule has 0 amide bonds. The zero-order valence-electron chi connectivity index (χ0n) is 10.5. The van der Waals surface area contributed by atoms with Crippen molar-refractivity contribution in [1.29, 1.82) is 0 Å². The van der Waals surface area contributed by atoms with Crippen LogP contribution in [0.4, 0.5) is 0 Å². The van der Waals surface area contributed by atoms with Crippen molar-refractivity contribution >= 4 is 5.52 Å². The summed E-state index contributed by atoms with van der Waals surface area (Å²) in [5, 5.41) is 8.14. The molecule has 0 unspecified atom stereocenters. The van der Waals surface area contributed by atoms with Gasteiger partial charge in [0.1, 0.15) is 18.3 Å². The molecule has 4 aromatic rings. The first-order valence-corrected chi connectivity index (χ1v) is 6.21. The van der Waals surface area contributed by atoms with E-state index in [-0.39, 0.29) is 0 Å². The van der Waals surface area contributed by atoms with E-state index in [1.807, 2.05) is 53.2 Å². The molecule has 0 radical (unpaired) electrons. The van der Waals surface area contributed by atoms with Crippen molar-refractivity contribution in [3.8, 4) is 22.5 Å². The SMILES string of the molecule is c1cc(-c2ccon2)cc(-c2ncnn3cccc23)c1. The van der Waals surface area contributed by atoms with Crippen LogP contribution in [-0.4, -0.2) is 19.8 Å². The second kappa shape index (κ2) is 4.31. The summed E-state index contributed by atoms with van der Waals surface area (Å²) < 4.78 is 6.70. The summed E-state index contributed by atoms with van der Waals surface area (Å²) >= 11 is 0. The average molecular weight is 262 g/mol. The van der Waals surface area contributed by atoms with Gasteiger partial charge in [-0.15, -0.1) is 0 Å². The summed E-state index contributed by atoms with van der Waals surface area (Å²) in [5.41, 5.74) is 4.71. The third-order valence-corrected chi connectivity index (χ3v) is 3.20. The lowest BCUT2D eigenvalue weighted by molar-refractivity contribution is 0.422. The molecule has 3 heterocycles.